The lowest BCUT2D eigenvalue weighted by atomic mass is 9.86. The molecular formula is C14H32N+. The molecule has 1 saturated heterocycles. The van der Waals surface area contributed by atoms with E-state index in [-0.39, 0.29) is 0 Å². The van der Waals surface area contributed by atoms with Gasteiger partial charge < -0.3 is 4.48 Å². The number of nitrogens with zero attached hydrogens (tertiary/aromatic N) is 1. The van der Waals surface area contributed by atoms with E-state index in [4.69, 9.17) is 0 Å². The van der Waals surface area contributed by atoms with Crippen LogP contribution in [-0.4, -0.2) is 31.7 Å². The Bertz CT molecular complexity index is 146. The molecular weight excluding hydrogens is 182 g/mol. The molecule has 0 radical (unpaired) electrons. The Hall–Kier alpha value is -0.0400. The monoisotopic (exact) mass is 214 g/mol. The van der Waals surface area contributed by atoms with E-state index >= 15 is 0 Å². The fraction of sp³-hybridized carbons (Fsp3) is 1.00. The van der Waals surface area contributed by atoms with Crippen LogP contribution in [0.4, 0.5) is 0 Å². The van der Waals surface area contributed by atoms with Gasteiger partial charge in [0, 0.05) is 0 Å². The van der Waals surface area contributed by atoms with Gasteiger partial charge in [0.1, 0.15) is 0 Å². The van der Waals surface area contributed by atoms with Crippen molar-refractivity contribution < 1.29 is 4.48 Å². The molecule has 0 aromatic heterocycles. The third-order valence-electron chi connectivity index (χ3n) is 3.15. The van der Waals surface area contributed by atoms with Crippen LogP contribution in [0, 0.1) is 17.8 Å². The van der Waals surface area contributed by atoms with Crippen LogP contribution in [0.3, 0.4) is 0 Å². The molecule has 1 heteroatoms. The van der Waals surface area contributed by atoms with E-state index in [1.807, 2.05) is 0 Å². The summed E-state index contributed by atoms with van der Waals surface area (Å²) in [7, 11) is 4.69. The van der Waals surface area contributed by atoms with E-state index in [2.05, 4.69) is 48.7 Å². The van der Waals surface area contributed by atoms with Gasteiger partial charge in [-0.15, -0.1) is 0 Å². The molecule has 1 aliphatic heterocycles. The summed E-state index contributed by atoms with van der Waals surface area (Å²) >= 11 is 0. The van der Waals surface area contributed by atoms with Crippen molar-refractivity contribution in [3.63, 3.8) is 0 Å². The van der Waals surface area contributed by atoms with E-state index in [0.29, 0.717) is 0 Å². The topological polar surface area (TPSA) is 0 Å². The normalized spacial score (nSPS) is 21.4. The molecule has 0 aromatic rings. The molecule has 1 aliphatic rings. The highest BCUT2D eigenvalue weighted by molar-refractivity contribution is 4.66. The summed E-state index contributed by atoms with van der Waals surface area (Å²) in [4.78, 5) is 0. The van der Waals surface area contributed by atoms with Gasteiger partial charge in [0.15, 0.2) is 0 Å². The van der Waals surface area contributed by atoms with Crippen molar-refractivity contribution in [2.45, 2.75) is 47.5 Å². The van der Waals surface area contributed by atoms with Gasteiger partial charge in [0.25, 0.3) is 0 Å². The first-order chi connectivity index (χ1) is 6.74. The van der Waals surface area contributed by atoms with E-state index in [1.165, 1.54) is 30.4 Å². The van der Waals surface area contributed by atoms with Crippen LogP contribution < -0.4 is 0 Å². The quantitative estimate of drug-likeness (QED) is 0.583. The summed E-state index contributed by atoms with van der Waals surface area (Å²) in [5.74, 6) is 2.73. The molecule has 1 fully saturated rings. The summed E-state index contributed by atoms with van der Waals surface area (Å²) in [6.07, 6.45) is 2.87. The van der Waals surface area contributed by atoms with Crippen molar-refractivity contribution in [2.75, 3.05) is 27.2 Å². The molecule has 0 atom stereocenters. The first kappa shape index (κ1) is 15.0. The van der Waals surface area contributed by atoms with Gasteiger partial charge in [-0.25, -0.2) is 0 Å². The molecule has 1 rings (SSSR count). The lowest BCUT2D eigenvalue weighted by Gasteiger charge is -2.38. The maximum absolute atomic E-state index is 2.36. The number of hydrogen-bond acceptors (Lipinski definition) is 0. The Kier molecular flexibility index (Phi) is 6.51. The lowest BCUT2D eigenvalue weighted by molar-refractivity contribution is -0.896. The number of likely N-dealkylation sites (tertiary alicyclic amines) is 1. The fourth-order valence-electron chi connectivity index (χ4n) is 1.95. The van der Waals surface area contributed by atoms with Crippen molar-refractivity contribution in [1.82, 2.24) is 0 Å². The summed E-state index contributed by atoms with van der Waals surface area (Å²) in [6, 6.07) is 0. The van der Waals surface area contributed by atoms with Crippen LogP contribution in [0.2, 0.25) is 0 Å². The average molecular weight is 214 g/mol. The first-order valence-corrected chi connectivity index (χ1v) is 6.56. The predicted octanol–water partition coefficient (Wildman–Crippen LogP) is 3.79. The Balaban J connectivity index is 0.000000423. The minimum Gasteiger partial charge on any atom is -0.328 e. The van der Waals surface area contributed by atoms with Crippen LogP contribution in [0.25, 0.3) is 0 Å². The van der Waals surface area contributed by atoms with Gasteiger partial charge in [0.2, 0.25) is 0 Å². The molecule has 0 N–H and O–H groups in total. The van der Waals surface area contributed by atoms with Crippen molar-refractivity contribution >= 4 is 0 Å². The van der Waals surface area contributed by atoms with Crippen LogP contribution in [0.15, 0.2) is 0 Å². The van der Waals surface area contributed by atoms with Crippen LogP contribution in [0.1, 0.15) is 47.5 Å². The molecule has 0 unspecified atom stereocenters. The predicted molar refractivity (Wildman–Crippen MR) is 69.9 cm³/mol. The number of hydrogen-bond donors (Lipinski definition) is 0. The van der Waals surface area contributed by atoms with Crippen LogP contribution in [0.5, 0.6) is 0 Å². The highest BCUT2D eigenvalue weighted by Crippen LogP contribution is 2.26. The molecule has 0 saturated carbocycles. The first-order valence-electron chi connectivity index (χ1n) is 6.56. The molecule has 0 bridgehead atoms. The molecule has 0 aliphatic carbocycles. The van der Waals surface area contributed by atoms with Gasteiger partial charge in [-0.05, 0) is 30.6 Å². The standard InChI is InChI=1S/C10H22N.C4H10/c1-9(2)10-5-7-11(3,4)8-6-10;1-4(2)3/h9-10H,5-8H2,1-4H3;4H,1-3H3/q+1;. The Morgan fingerprint density at radius 2 is 1.20 bits per heavy atom. The van der Waals surface area contributed by atoms with E-state index in [9.17, 15) is 0 Å². The minimum absolute atomic E-state index is 0.833. The van der Waals surface area contributed by atoms with E-state index in [1.54, 1.807) is 0 Å². The largest absolute Gasteiger partial charge is 0.328 e. The Morgan fingerprint density at radius 3 is 1.47 bits per heavy atom. The Morgan fingerprint density at radius 1 is 0.867 bits per heavy atom. The van der Waals surface area contributed by atoms with E-state index < -0.39 is 0 Å². The number of rotatable bonds is 1. The molecule has 1 heterocycles. The molecule has 0 amide bonds. The molecule has 0 aromatic carbocycles. The smallest absolute Gasteiger partial charge is 0.0785 e. The lowest BCUT2D eigenvalue weighted by Crippen LogP contribution is -2.46. The van der Waals surface area contributed by atoms with Gasteiger partial charge in [-0.1, -0.05) is 34.6 Å². The second-order valence-corrected chi connectivity index (χ2v) is 6.70. The highest BCUT2D eigenvalue weighted by Gasteiger charge is 2.27. The number of quaternary nitrogens is 1. The second kappa shape index (κ2) is 6.52. The zero-order chi connectivity index (χ0) is 12.1. The summed E-state index contributed by atoms with van der Waals surface area (Å²) < 4.78 is 1.24. The van der Waals surface area contributed by atoms with Crippen LogP contribution >= 0.6 is 0 Å². The zero-order valence-corrected chi connectivity index (χ0v) is 12.0. The van der Waals surface area contributed by atoms with Gasteiger partial charge in [0.05, 0.1) is 27.2 Å². The van der Waals surface area contributed by atoms with Gasteiger partial charge >= 0.3 is 0 Å². The third-order valence-corrected chi connectivity index (χ3v) is 3.15. The minimum atomic E-state index is 0.833. The average Bonchev–Trinajstić information content (AvgIpc) is 2.01. The van der Waals surface area contributed by atoms with Crippen molar-refractivity contribution in [1.29, 1.82) is 0 Å². The molecule has 1 nitrogen and oxygen atoms in total. The van der Waals surface area contributed by atoms with Crippen molar-refractivity contribution in [3.05, 3.63) is 0 Å². The van der Waals surface area contributed by atoms with Gasteiger partial charge in [-0.2, -0.15) is 0 Å². The highest BCUT2D eigenvalue weighted by atomic mass is 15.3. The van der Waals surface area contributed by atoms with Crippen molar-refractivity contribution in [3.8, 4) is 0 Å². The fourth-order valence-corrected chi connectivity index (χ4v) is 1.95. The summed E-state index contributed by atoms with van der Waals surface area (Å²) in [5, 5.41) is 0. The zero-order valence-electron chi connectivity index (χ0n) is 12.0. The second-order valence-electron chi connectivity index (χ2n) is 6.70. The molecule has 0 spiro atoms. The van der Waals surface area contributed by atoms with Crippen molar-refractivity contribution in [2.24, 2.45) is 17.8 Å². The Labute approximate surface area is 97.5 Å². The van der Waals surface area contributed by atoms with E-state index in [0.717, 1.165) is 17.8 Å². The summed E-state index contributed by atoms with van der Waals surface area (Å²) in [6.45, 7) is 14.0. The SMILES string of the molecule is CC(C)C.CC(C)C1CC[N+](C)(C)CC1. The maximum Gasteiger partial charge on any atom is 0.0785 e. The molecule has 15 heavy (non-hydrogen) atoms. The third kappa shape index (κ3) is 7.84. The summed E-state index contributed by atoms with van der Waals surface area (Å²) in [5.41, 5.74) is 0. The van der Waals surface area contributed by atoms with Gasteiger partial charge in [-0.3, -0.25) is 0 Å². The molecule has 92 valence electrons. The van der Waals surface area contributed by atoms with Crippen LogP contribution in [-0.2, 0) is 0 Å². The number of piperidine rings is 1. The maximum atomic E-state index is 2.36.